The van der Waals surface area contributed by atoms with Gasteiger partial charge in [-0.25, -0.2) is 0 Å². The standard InChI is InChI=1S/C17H22N2O/c1-12-5-11-17(14(3)18-12)19-13(2)4-6-15-7-9-16(20)10-8-15/h5,7-11,13,19-20H,4,6H2,1-3H3. The van der Waals surface area contributed by atoms with Gasteiger partial charge in [0.05, 0.1) is 11.4 Å². The molecule has 3 heteroatoms. The normalized spacial score (nSPS) is 12.2. The quantitative estimate of drug-likeness (QED) is 0.867. The summed E-state index contributed by atoms with van der Waals surface area (Å²) in [6.07, 6.45) is 2.03. The van der Waals surface area contributed by atoms with Gasteiger partial charge in [-0.3, -0.25) is 4.98 Å². The Morgan fingerprint density at radius 1 is 1.10 bits per heavy atom. The predicted molar refractivity (Wildman–Crippen MR) is 83.2 cm³/mol. The van der Waals surface area contributed by atoms with Crippen molar-refractivity contribution in [2.75, 3.05) is 5.32 Å². The van der Waals surface area contributed by atoms with E-state index in [9.17, 15) is 5.11 Å². The van der Waals surface area contributed by atoms with Crippen molar-refractivity contribution in [2.45, 2.75) is 39.7 Å². The maximum Gasteiger partial charge on any atom is 0.115 e. The average Bonchev–Trinajstić information content (AvgIpc) is 2.41. The van der Waals surface area contributed by atoms with Crippen LogP contribution in [0.5, 0.6) is 5.75 Å². The maximum atomic E-state index is 9.26. The van der Waals surface area contributed by atoms with E-state index in [1.807, 2.05) is 32.0 Å². The lowest BCUT2D eigenvalue weighted by Gasteiger charge is -2.17. The second kappa shape index (κ2) is 6.42. The number of phenols is 1. The van der Waals surface area contributed by atoms with Gasteiger partial charge in [0, 0.05) is 11.7 Å². The second-order valence-electron chi connectivity index (χ2n) is 5.34. The summed E-state index contributed by atoms with van der Waals surface area (Å²) in [5.74, 6) is 0.321. The number of nitrogens with zero attached hydrogens (tertiary/aromatic N) is 1. The van der Waals surface area contributed by atoms with Crippen LogP contribution in [-0.4, -0.2) is 16.1 Å². The number of anilines is 1. The van der Waals surface area contributed by atoms with Crippen molar-refractivity contribution in [1.82, 2.24) is 4.98 Å². The van der Waals surface area contributed by atoms with E-state index in [2.05, 4.69) is 23.3 Å². The molecule has 3 nitrogen and oxygen atoms in total. The molecule has 0 aliphatic rings. The zero-order chi connectivity index (χ0) is 14.5. The van der Waals surface area contributed by atoms with Crippen LogP contribution in [0.3, 0.4) is 0 Å². The van der Waals surface area contributed by atoms with Crippen molar-refractivity contribution in [3.05, 3.63) is 53.3 Å². The first-order valence-electron chi connectivity index (χ1n) is 7.03. The van der Waals surface area contributed by atoms with Crippen molar-refractivity contribution in [2.24, 2.45) is 0 Å². The average molecular weight is 270 g/mol. The van der Waals surface area contributed by atoms with E-state index >= 15 is 0 Å². The molecular formula is C17H22N2O. The van der Waals surface area contributed by atoms with Gasteiger partial charge in [-0.05, 0) is 63.4 Å². The lowest BCUT2D eigenvalue weighted by atomic mass is 10.1. The molecule has 1 aromatic heterocycles. The third kappa shape index (κ3) is 3.98. The molecule has 1 aromatic carbocycles. The summed E-state index contributed by atoms with van der Waals surface area (Å²) in [5, 5.41) is 12.8. The van der Waals surface area contributed by atoms with Crippen LogP contribution >= 0.6 is 0 Å². The molecule has 0 aliphatic carbocycles. The van der Waals surface area contributed by atoms with Gasteiger partial charge in [0.2, 0.25) is 0 Å². The maximum absolute atomic E-state index is 9.26. The molecule has 0 bridgehead atoms. The summed E-state index contributed by atoms with van der Waals surface area (Å²) >= 11 is 0. The molecule has 2 rings (SSSR count). The van der Waals surface area contributed by atoms with E-state index in [0.29, 0.717) is 11.8 Å². The number of hydrogen-bond acceptors (Lipinski definition) is 3. The molecular weight excluding hydrogens is 248 g/mol. The van der Waals surface area contributed by atoms with Gasteiger partial charge in [0.25, 0.3) is 0 Å². The zero-order valence-electron chi connectivity index (χ0n) is 12.4. The van der Waals surface area contributed by atoms with Crippen LogP contribution < -0.4 is 5.32 Å². The molecule has 1 atom stereocenters. The van der Waals surface area contributed by atoms with Crippen LogP contribution in [0.4, 0.5) is 5.69 Å². The summed E-state index contributed by atoms with van der Waals surface area (Å²) in [7, 11) is 0. The minimum absolute atomic E-state index is 0.321. The van der Waals surface area contributed by atoms with E-state index in [1.165, 1.54) is 5.56 Å². The predicted octanol–water partition coefficient (Wildman–Crippen LogP) is 3.84. The Hall–Kier alpha value is -2.03. The minimum Gasteiger partial charge on any atom is -0.508 e. The van der Waals surface area contributed by atoms with Gasteiger partial charge in [-0.15, -0.1) is 0 Å². The van der Waals surface area contributed by atoms with Crippen LogP contribution in [0.15, 0.2) is 36.4 Å². The van der Waals surface area contributed by atoms with Crippen molar-refractivity contribution in [3.63, 3.8) is 0 Å². The first kappa shape index (κ1) is 14.4. The Kier molecular flexibility index (Phi) is 4.61. The Labute approximate surface area is 120 Å². The molecule has 20 heavy (non-hydrogen) atoms. The topological polar surface area (TPSA) is 45.1 Å². The largest absolute Gasteiger partial charge is 0.508 e. The number of benzene rings is 1. The van der Waals surface area contributed by atoms with Crippen molar-refractivity contribution >= 4 is 5.69 Å². The van der Waals surface area contributed by atoms with E-state index in [-0.39, 0.29) is 0 Å². The van der Waals surface area contributed by atoms with Crippen molar-refractivity contribution < 1.29 is 5.11 Å². The van der Waals surface area contributed by atoms with E-state index in [0.717, 1.165) is 29.9 Å². The number of aromatic hydroxyl groups is 1. The molecule has 0 saturated heterocycles. The number of pyridine rings is 1. The molecule has 0 spiro atoms. The minimum atomic E-state index is 0.321. The van der Waals surface area contributed by atoms with E-state index in [4.69, 9.17) is 0 Å². The molecule has 2 N–H and O–H groups in total. The Bertz CT molecular complexity index is 564. The lowest BCUT2D eigenvalue weighted by molar-refractivity contribution is 0.475. The molecule has 1 unspecified atom stereocenters. The van der Waals surface area contributed by atoms with Gasteiger partial charge < -0.3 is 10.4 Å². The molecule has 106 valence electrons. The summed E-state index contributed by atoms with van der Waals surface area (Å²) in [4.78, 5) is 4.46. The fourth-order valence-electron chi connectivity index (χ4n) is 2.22. The Balaban J connectivity index is 1.89. The molecule has 1 heterocycles. The third-order valence-electron chi connectivity index (χ3n) is 3.43. The van der Waals surface area contributed by atoms with Gasteiger partial charge in [-0.1, -0.05) is 12.1 Å². The van der Waals surface area contributed by atoms with Crippen molar-refractivity contribution in [3.8, 4) is 5.75 Å². The SMILES string of the molecule is Cc1ccc(NC(C)CCc2ccc(O)cc2)c(C)n1. The van der Waals surface area contributed by atoms with Crippen LogP contribution in [0.2, 0.25) is 0 Å². The first-order chi connectivity index (χ1) is 9.54. The highest BCUT2D eigenvalue weighted by Crippen LogP contribution is 2.16. The van der Waals surface area contributed by atoms with Crippen molar-refractivity contribution in [1.29, 1.82) is 0 Å². The number of phenolic OH excluding ortho intramolecular Hbond substituents is 1. The number of rotatable bonds is 5. The monoisotopic (exact) mass is 270 g/mol. The van der Waals surface area contributed by atoms with Crippen LogP contribution in [0, 0.1) is 13.8 Å². The van der Waals surface area contributed by atoms with Crippen LogP contribution in [0.1, 0.15) is 30.3 Å². The lowest BCUT2D eigenvalue weighted by Crippen LogP contribution is -2.17. The van der Waals surface area contributed by atoms with Gasteiger partial charge in [-0.2, -0.15) is 0 Å². The molecule has 0 amide bonds. The Morgan fingerprint density at radius 3 is 2.45 bits per heavy atom. The van der Waals surface area contributed by atoms with Gasteiger partial charge in [0.15, 0.2) is 0 Å². The van der Waals surface area contributed by atoms with Crippen LogP contribution in [0.25, 0.3) is 0 Å². The Morgan fingerprint density at radius 2 is 1.80 bits per heavy atom. The molecule has 0 fully saturated rings. The number of nitrogens with one attached hydrogen (secondary N) is 1. The molecule has 0 aliphatic heterocycles. The molecule has 0 radical (unpaired) electrons. The van der Waals surface area contributed by atoms with Gasteiger partial charge in [0.1, 0.15) is 5.75 Å². The highest BCUT2D eigenvalue weighted by Gasteiger charge is 2.06. The highest BCUT2D eigenvalue weighted by atomic mass is 16.3. The summed E-state index contributed by atoms with van der Waals surface area (Å²) in [6.45, 7) is 6.22. The van der Waals surface area contributed by atoms with Crippen LogP contribution in [-0.2, 0) is 6.42 Å². The second-order valence-corrected chi connectivity index (χ2v) is 5.34. The zero-order valence-corrected chi connectivity index (χ0v) is 12.4. The van der Waals surface area contributed by atoms with Gasteiger partial charge >= 0.3 is 0 Å². The summed E-state index contributed by atoms with van der Waals surface area (Å²) in [5.41, 5.74) is 4.44. The third-order valence-corrected chi connectivity index (χ3v) is 3.43. The molecule has 2 aromatic rings. The number of hydrogen-bond donors (Lipinski definition) is 2. The fraction of sp³-hybridized carbons (Fsp3) is 0.353. The number of aryl methyl sites for hydroxylation is 3. The summed E-state index contributed by atoms with van der Waals surface area (Å²) < 4.78 is 0. The summed E-state index contributed by atoms with van der Waals surface area (Å²) in [6, 6.07) is 11.9. The first-order valence-corrected chi connectivity index (χ1v) is 7.03. The smallest absolute Gasteiger partial charge is 0.115 e. The van der Waals surface area contributed by atoms with E-state index in [1.54, 1.807) is 12.1 Å². The fourth-order valence-corrected chi connectivity index (χ4v) is 2.22. The number of aromatic nitrogens is 1. The van der Waals surface area contributed by atoms with E-state index < -0.39 is 0 Å². The highest BCUT2D eigenvalue weighted by molar-refractivity contribution is 5.48. The molecule has 0 saturated carbocycles.